The molecule has 5 rings (SSSR count). The van der Waals surface area contributed by atoms with Gasteiger partial charge in [0.2, 0.25) is 11.8 Å². The first-order valence-corrected chi connectivity index (χ1v) is 11.1. The average Bonchev–Trinajstić information content (AvgIpc) is 3.47. The third-order valence-corrected chi connectivity index (χ3v) is 7.21. The first-order chi connectivity index (χ1) is 14.1. The summed E-state index contributed by atoms with van der Waals surface area (Å²) in [7, 11) is 0. The highest BCUT2D eigenvalue weighted by Crippen LogP contribution is 2.34. The zero-order valence-corrected chi connectivity index (χ0v) is 16.8. The average molecular weight is 410 g/mol. The van der Waals surface area contributed by atoms with Gasteiger partial charge in [-0.3, -0.25) is 14.4 Å². The van der Waals surface area contributed by atoms with Crippen molar-refractivity contribution in [2.75, 3.05) is 11.9 Å². The lowest BCUT2D eigenvalue weighted by atomic mass is 10.0. The number of benzene rings is 1. The number of anilines is 1. The lowest BCUT2D eigenvalue weighted by molar-refractivity contribution is -0.126. The van der Waals surface area contributed by atoms with Crippen molar-refractivity contribution in [2.45, 2.75) is 44.2 Å². The number of rotatable bonds is 3. The largest absolute Gasteiger partial charge is 0.350 e. The van der Waals surface area contributed by atoms with E-state index in [9.17, 15) is 14.4 Å². The molecule has 2 aliphatic heterocycles. The van der Waals surface area contributed by atoms with Crippen LogP contribution in [-0.2, 0) is 9.59 Å². The molecule has 0 radical (unpaired) electrons. The number of fused-ring (bicyclic) bond motifs is 2. The maximum absolute atomic E-state index is 13.3. The highest BCUT2D eigenvalue weighted by Gasteiger charge is 2.45. The molecule has 1 aromatic carbocycles. The third kappa shape index (κ3) is 3.23. The second-order valence-electron chi connectivity index (χ2n) is 8.06. The third-order valence-electron chi connectivity index (χ3n) is 6.29. The van der Waals surface area contributed by atoms with Gasteiger partial charge in [0.05, 0.1) is 17.3 Å². The molecular formula is C22H23N3O3S. The zero-order chi connectivity index (χ0) is 20.0. The first-order valence-electron chi connectivity index (χ1n) is 10.2. The fourth-order valence-electron chi connectivity index (χ4n) is 4.77. The summed E-state index contributed by atoms with van der Waals surface area (Å²) < 4.78 is 0. The molecule has 1 aliphatic carbocycles. The molecule has 2 atom stereocenters. The fraction of sp³-hybridized carbons (Fsp3) is 0.409. The van der Waals surface area contributed by atoms with Gasteiger partial charge in [0, 0.05) is 17.3 Å². The summed E-state index contributed by atoms with van der Waals surface area (Å²) in [5.74, 6) is -0.315. The van der Waals surface area contributed by atoms with E-state index in [-0.39, 0.29) is 29.7 Å². The van der Waals surface area contributed by atoms with E-state index in [1.165, 1.54) is 0 Å². The van der Waals surface area contributed by atoms with E-state index in [0.717, 1.165) is 36.1 Å². The second-order valence-corrected chi connectivity index (χ2v) is 9.00. The summed E-state index contributed by atoms with van der Waals surface area (Å²) in [6, 6.07) is 8.57. The molecule has 2 fully saturated rings. The predicted octanol–water partition coefficient (Wildman–Crippen LogP) is 3.26. The van der Waals surface area contributed by atoms with Gasteiger partial charge < -0.3 is 15.5 Å². The summed E-state index contributed by atoms with van der Waals surface area (Å²) >= 11 is 1.61. The van der Waals surface area contributed by atoms with Gasteiger partial charge >= 0.3 is 0 Å². The Hall–Kier alpha value is -2.67. The van der Waals surface area contributed by atoms with Gasteiger partial charge in [0.25, 0.3) is 5.91 Å². The molecule has 3 heterocycles. The fourth-order valence-corrected chi connectivity index (χ4v) is 5.50. The standard InChI is InChI=1S/C22H23N3O3S/c26-20(13-4-1-2-5-13)24-17-9-10-25-19(17)21(27)23-16-8-7-14(12-15(16)22(25)28)18-6-3-11-29-18/h3,6-8,11-13,17,19H,1-2,4-5,9-10H2,(H,23,27)(H,24,26). The number of hydrogen-bond donors (Lipinski definition) is 2. The van der Waals surface area contributed by atoms with E-state index < -0.39 is 6.04 Å². The van der Waals surface area contributed by atoms with Crippen LogP contribution in [0.15, 0.2) is 35.7 Å². The predicted molar refractivity (Wildman–Crippen MR) is 112 cm³/mol. The van der Waals surface area contributed by atoms with Crippen molar-refractivity contribution in [3.8, 4) is 10.4 Å². The van der Waals surface area contributed by atoms with Crippen molar-refractivity contribution < 1.29 is 14.4 Å². The lowest BCUT2D eigenvalue weighted by Crippen LogP contribution is -2.52. The van der Waals surface area contributed by atoms with Gasteiger partial charge in [0.1, 0.15) is 6.04 Å². The highest BCUT2D eigenvalue weighted by atomic mass is 32.1. The van der Waals surface area contributed by atoms with Crippen LogP contribution in [-0.4, -0.2) is 41.2 Å². The van der Waals surface area contributed by atoms with Gasteiger partial charge in [-0.25, -0.2) is 0 Å². The number of hydrogen-bond acceptors (Lipinski definition) is 4. The van der Waals surface area contributed by atoms with Crippen LogP contribution in [0.2, 0.25) is 0 Å². The number of nitrogens with one attached hydrogen (secondary N) is 2. The van der Waals surface area contributed by atoms with Gasteiger partial charge in [-0.15, -0.1) is 11.3 Å². The summed E-state index contributed by atoms with van der Waals surface area (Å²) in [5.41, 5.74) is 2.01. The van der Waals surface area contributed by atoms with Gasteiger partial charge in [-0.05, 0) is 48.4 Å². The molecule has 1 aromatic heterocycles. The quantitative estimate of drug-likeness (QED) is 0.817. The number of carbonyl (C=O) groups is 3. The number of thiophene rings is 1. The van der Waals surface area contributed by atoms with Crippen molar-refractivity contribution in [1.29, 1.82) is 0 Å². The maximum Gasteiger partial charge on any atom is 0.256 e. The Bertz CT molecular complexity index is 966. The molecule has 2 aromatic rings. The van der Waals surface area contributed by atoms with E-state index in [4.69, 9.17) is 0 Å². The molecule has 0 bridgehead atoms. The molecule has 29 heavy (non-hydrogen) atoms. The van der Waals surface area contributed by atoms with Gasteiger partial charge in [0.15, 0.2) is 0 Å². The molecule has 2 N–H and O–H groups in total. The SMILES string of the molecule is O=C(NC1CCN2C(=O)c3cc(-c4cccs4)ccc3NC(=O)C12)C1CCCC1. The Kier molecular flexibility index (Phi) is 4.62. The Morgan fingerprint density at radius 2 is 1.97 bits per heavy atom. The van der Waals surface area contributed by atoms with E-state index in [2.05, 4.69) is 10.6 Å². The number of amides is 3. The molecule has 150 valence electrons. The van der Waals surface area contributed by atoms with Crippen LogP contribution in [0.3, 0.4) is 0 Å². The summed E-state index contributed by atoms with van der Waals surface area (Å²) in [5, 5.41) is 7.99. The van der Waals surface area contributed by atoms with E-state index >= 15 is 0 Å². The van der Waals surface area contributed by atoms with Crippen LogP contribution in [0.5, 0.6) is 0 Å². The van der Waals surface area contributed by atoms with E-state index in [1.807, 2.05) is 29.6 Å². The van der Waals surface area contributed by atoms with Crippen LogP contribution >= 0.6 is 11.3 Å². The minimum Gasteiger partial charge on any atom is -0.350 e. The van der Waals surface area contributed by atoms with Crippen molar-refractivity contribution >= 4 is 34.7 Å². The number of nitrogens with zero attached hydrogens (tertiary/aromatic N) is 1. The molecule has 2 unspecified atom stereocenters. The molecule has 3 amide bonds. The summed E-state index contributed by atoms with van der Waals surface area (Å²) in [4.78, 5) is 41.6. The molecule has 7 heteroatoms. The minimum absolute atomic E-state index is 0.0244. The molecule has 3 aliphatic rings. The second kappa shape index (κ2) is 7.30. The van der Waals surface area contributed by atoms with Crippen LogP contribution in [0.25, 0.3) is 10.4 Å². The van der Waals surface area contributed by atoms with Crippen LogP contribution in [0.4, 0.5) is 5.69 Å². The molecule has 1 saturated carbocycles. The summed E-state index contributed by atoms with van der Waals surface area (Å²) in [6.45, 7) is 0.467. The maximum atomic E-state index is 13.3. The Morgan fingerprint density at radius 3 is 2.72 bits per heavy atom. The van der Waals surface area contributed by atoms with Crippen molar-refractivity contribution in [2.24, 2.45) is 5.92 Å². The van der Waals surface area contributed by atoms with Crippen molar-refractivity contribution in [1.82, 2.24) is 10.2 Å². The summed E-state index contributed by atoms with van der Waals surface area (Å²) in [6.07, 6.45) is 4.59. The normalized spacial score (nSPS) is 24.1. The Labute approximate surface area is 173 Å². The zero-order valence-electron chi connectivity index (χ0n) is 16.0. The first kappa shape index (κ1) is 18.4. The van der Waals surface area contributed by atoms with Crippen LogP contribution in [0, 0.1) is 5.92 Å². The van der Waals surface area contributed by atoms with Crippen LogP contribution < -0.4 is 10.6 Å². The van der Waals surface area contributed by atoms with E-state index in [0.29, 0.717) is 24.2 Å². The minimum atomic E-state index is -0.662. The molecular weight excluding hydrogens is 386 g/mol. The monoisotopic (exact) mass is 409 g/mol. The Morgan fingerprint density at radius 1 is 1.14 bits per heavy atom. The molecule has 6 nitrogen and oxygen atoms in total. The van der Waals surface area contributed by atoms with Crippen LogP contribution in [0.1, 0.15) is 42.5 Å². The lowest BCUT2D eigenvalue weighted by Gasteiger charge is -2.25. The topological polar surface area (TPSA) is 78.5 Å². The molecule has 0 spiro atoms. The number of carbonyl (C=O) groups excluding carboxylic acids is 3. The molecule has 1 saturated heterocycles. The van der Waals surface area contributed by atoms with E-state index in [1.54, 1.807) is 22.3 Å². The van der Waals surface area contributed by atoms with Gasteiger partial charge in [-0.1, -0.05) is 25.0 Å². The highest BCUT2D eigenvalue weighted by molar-refractivity contribution is 7.13. The Balaban J connectivity index is 1.41. The van der Waals surface area contributed by atoms with Crippen molar-refractivity contribution in [3.05, 3.63) is 41.3 Å². The van der Waals surface area contributed by atoms with Gasteiger partial charge in [-0.2, -0.15) is 0 Å². The smallest absolute Gasteiger partial charge is 0.256 e. The van der Waals surface area contributed by atoms with Crippen molar-refractivity contribution in [3.63, 3.8) is 0 Å².